The van der Waals surface area contributed by atoms with E-state index in [1.165, 1.54) is 4.90 Å². The Morgan fingerprint density at radius 3 is 2.57 bits per heavy atom. The van der Waals surface area contributed by atoms with Gasteiger partial charge in [-0.3, -0.25) is 9.69 Å². The first-order chi connectivity index (χ1) is 9.83. The topological polar surface area (TPSA) is 55.8 Å². The molecule has 1 amide bonds. The highest BCUT2D eigenvalue weighted by molar-refractivity contribution is 5.95. The molecule has 1 atom stereocenters. The van der Waals surface area contributed by atoms with Crippen molar-refractivity contribution >= 4 is 17.7 Å². The Balaban J connectivity index is 2.27. The van der Waals surface area contributed by atoms with Crippen LogP contribution in [0.1, 0.15) is 39.2 Å². The van der Waals surface area contributed by atoms with Crippen LogP contribution in [0, 0.1) is 0 Å². The second-order valence-electron chi connectivity index (χ2n) is 5.95. The summed E-state index contributed by atoms with van der Waals surface area (Å²) in [6.45, 7) is 7.79. The summed E-state index contributed by atoms with van der Waals surface area (Å²) >= 11 is 0. The van der Waals surface area contributed by atoms with Crippen molar-refractivity contribution in [3.8, 4) is 0 Å². The quantitative estimate of drug-likeness (QED) is 0.786. The first-order valence-electron chi connectivity index (χ1n) is 7.09. The number of anilines is 1. The minimum Gasteiger partial charge on any atom is -0.465 e. The van der Waals surface area contributed by atoms with Gasteiger partial charge in [0.15, 0.2) is 0 Å². The summed E-state index contributed by atoms with van der Waals surface area (Å²) in [5, 5.41) is 0. The minimum atomic E-state index is -0.575. The maximum Gasteiger partial charge on any atom is 0.414 e. The predicted molar refractivity (Wildman–Crippen MR) is 79.4 cm³/mol. The Bertz CT molecular complexity index is 547. The first kappa shape index (κ1) is 15.4. The van der Waals surface area contributed by atoms with Crippen LogP contribution >= 0.6 is 0 Å². The normalized spacial score (nSPS) is 17.3. The number of nitrogens with zero attached hydrogens (tertiary/aromatic N) is 1. The number of benzene rings is 1. The van der Waals surface area contributed by atoms with Gasteiger partial charge in [-0.05, 0) is 39.3 Å². The minimum absolute atomic E-state index is 0.257. The Labute approximate surface area is 124 Å². The Morgan fingerprint density at radius 2 is 1.95 bits per heavy atom. The van der Waals surface area contributed by atoms with E-state index in [1.807, 2.05) is 45.0 Å². The summed E-state index contributed by atoms with van der Waals surface area (Å²) in [6.07, 6.45) is -0.443. The molecule has 0 N–H and O–H groups in total. The lowest BCUT2D eigenvalue weighted by molar-refractivity contribution is -0.144. The van der Waals surface area contributed by atoms with Crippen molar-refractivity contribution in [3.63, 3.8) is 0 Å². The van der Waals surface area contributed by atoms with Gasteiger partial charge >= 0.3 is 12.1 Å². The molecule has 0 fully saturated rings. The Hall–Kier alpha value is -2.04. The molecule has 5 heteroatoms. The molecule has 0 aromatic heterocycles. The number of esters is 1. The third-order valence-electron chi connectivity index (χ3n) is 3.15. The van der Waals surface area contributed by atoms with E-state index in [0.29, 0.717) is 12.3 Å². The third-order valence-corrected chi connectivity index (χ3v) is 3.15. The average molecular weight is 291 g/mol. The van der Waals surface area contributed by atoms with E-state index >= 15 is 0 Å². The van der Waals surface area contributed by atoms with E-state index in [2.05, 4.69) is 0 Å². The molecule has 0 radical (unpaired) electrons. The van der Waals surface area contributed by atoms with Gasteiger partial charge in [0.25, 0.3) is 0 Å². The van der Waals surface area contributed by atoms with Crippen molar-refractivity contribution in [3.05, 3.63) is 29.8 Å². The molecule has 0 bridgehead atoms. The number of amides is 1. The number of ether oxygens (including phenoxy) is 2. The van der Waals surface area contributed by atoms with E-state index in [1.54, 1.807) is 6.92 Å². The van der Waals surface area contributed by atoms with Crippen LogP contribution < -0.4 is 4.90 Å². The maximum atomic E-state index is 12.3. The van der Waals surface area contributed by atoms with E-state index < -0.39 is 17.6 Å². The molecule has 1 aromatic carbocycles. The van der Waals surface area contributed by atoms with E-state index in [4.69, 9.17) is 9.47 Å². The fourth-order valence-corrected chi connectivity index (χ4v) is 2.34. The van der Waals surface area contributed by atoms with E-state index in [9.17, 15) is 9.59 Å². The molecule has 2 rings (SSSR count). The number of carbonyl (C=O) groups is 2. The van der Waals surface area contributed by atoms with Gasteiger partial charge in [-0.2, -0.15) is 0 Å². The summed E-state index contributed by atoms with van der Waals surface area (Å²) < 4.78 is 10.5. The van der Waals surface area contributed by atoms with Gasteiger partial charge in [0.05, 0.1) is 12.3 Å². The lowest BCUT2D eigenvalue weighted by Gasteiger charge is -2.24. The molecule has 0 saturated carbocycles. The molecule has 0 spiro atoms. The number of carbonyl (C=O) groups excluding carboxylic acids is 2. The van der Waals surface area contributed by atoms with Crippen molar-refractivity contribution < 1.29 is 19.1 Å². The highest BCUT2D eigenvalue weighted by atomic mass is 16.6. The Morgan fingerprint density at radius 1 is 1.29 bits per heavy atom. The zero-order chi connectivity index (χ0) is 15.6. The number of para-hydroxylation sites is 1. The summed E-state index contributed by atoms with van der Waals surface area (Å²) in [5.74, 6) is -0.760. The van der Waals surface area contributed by atoms with Crippen LogP contribution in [0.4, 0.5) is 10.5 Å². The number of fused-ring (bicyclic) bond motifs is 1. The van der Waals surface area contributed by atoms with Gasteiger partial charge in [-0.15, -0.1) is 0 Å². The van der Waals surface area contributed by atoms with Gasteiger partial charge < -0.3 is 9.47 Å². The predicted octanol–water partition coefficient (Wildman–Crippen LogP) is 3.09. The highest BCUT2D eigenvalue weighted by Gasteiger charge is 2.38. The van der Waals surface area contributed by atoms with Gasteiger partial charge in [0.2, 0.25) is 0 Å². The molecule has 1 aromatic rings. The molecule has 21 heavy (non-hydrogen) atoms. The first-order valence-corrected chi connectivity index (χ1v) is 7.09. The third kappa shape index (κ3) is 3.35. The van der Waals surface area contributed by atoms with Crippen molar-refractivity contribution in [2.45, 2.75) is 39.2 Å². The molecule has 114 valence electrons. The largest absolute Gasteiger partial charge is 0.465 e. The second-order valence-corrected chi connectivity index (χ2v) is 5.95. The van der Waals surface area contributed by atoms with Gasteiger partial charge in [0, 0.05) is 6.54 Å². The zero-order valence-electron chi connectivity index (χ0n) is 12.9. The smallest absolute Gasteiger partial charge is 0.414 e. The lowest BCUT2D eigenvalue weighted by atomic mass is 10.0. The molecular formula is C16H21NO4. The van der Waals surface area contributed by atoms with Crippen LogP contribution in [0.25, 0.3) is 0 Å². The lowest BCUT2D eigenvalue weighted by Crippen LogP contribution is -2.37. The number of hydrogen-bond donors (Lipinski definition) is 0. The van der Waals surface area contributed by atoms with Crippen LogP contribution in [0.2, 0.25) is 0 Å². The molecular weight excluding hydrogens is 270 g/mol. The van der Waals surface area contributed by atoms with Crippen molar-refractivity contribution in [1.29, 1.82) is 0 Å². The van der Waals surface area contributed by atoms with Crippen LogP contribution in [0.3, 0.4) is 0 Å². The summed E-state index contributed by atoms with van der Waals surface area (Å²) in [6, 6.07) is 7.35. The second kappa shape index (κ2) is 5.76. The van der Waals surface area contributed by atoms with Crippen LogP contribution in [-0.4, -0.2) is 30.8 Å². The Kier molecular flexibility index (Phi) is 4.21. The van der Waals surface area contributed by atoms with E-state index in [-0.39, 0.29) is 12.5 Å². The molecule has 1 aliphatic rings. The van der Waals surface area contributed by atoms with Crippen molar-refractivity contribution in [1.82, 2.24) is 0 Å². The number of rotatable bonds is 2. The number of hydrogen-bond acceptors (Lipinski definition) is 4. The highest BCUT2D eigenvalue weighted by Crippen LogP contribution is 2.37. The molecule has 0 unspecified atom stereocenters. The fraction of sp³-hybridized carbons (Fsp3) is 0.500. The van der Waals surface area contributed by atoms with Gasteiger partial charge in [-0.25, -0.2) is 4.79 Å². The van der Waals surface area contributed by atoms with Gasteiger partial charge in [-0.1, -0.05) is 18.2 Å². The standard InChI is InChI=1S/C16H21NO4/c1-5-20-14(18)12-10-17(15(19)21-16(2,3)4)13-9-7-6-8-11(12)13/h6-9,12H,5,10H2,1-4H3/t12-/m0/s1. The van der Waals surface area contributed by atoms with Gasteiger partial charge in [0.1, 0.15) is 11.5 Å². The zero-order valence-corrected chi connectivity index (χ0v) is 12.9. The SMILES string of the molecule is CCOC(=O)[C@H]1CN(C(=O)OC(C)(C)C)c2ccccc21. The maximum absolute atomic E-state index is 12.3. The molecule has 1 aliphatic heterocycles. The fourth-order valence-electron chi connectivity index (χ4n) is 2.34. The van der Waals surface area contributed by atoms with Crippen molar-refractivity contribution in [2.75, 3.05) is 18.1 Å². The van der Waals surface area contributed by atoms with Crippen LogP contribution in [-0.2, 0) is 14.3 Å². The monoisotopic (exact) mass is 291 g/mol. The molecule has 5 nitrogen and oxygen atoms in total. The van der Waals surface area contributed by atoms with Crippen molar-refractivity contribution in [2.24, 2.45) is 0 Å². The summed E-state index contributed by atoms with van der Waals surface area (Å²) in [7, 11) is 0. The van der Waals surface area contributed by atoms with Crippen LogP contribution in [0.15, 0.2) is 24.3 Å². The van der Waals surface area contributed by atoms with E-state index in [0.717, 1.165) is 5.56 Å². The summed E-state index contributed by atoms with van der Waals surface area (Å²) in [5.41, 5.74) is 0.945. The molecule has 0 saturated heterocycles. The van der Waals surface area contributed by atoms with Crippen LogP contribution in [0.5, 0.6) is 0 Å². The summed E-state index contributed by atoms with van der Waals surface area (Å²) in [4.78, 5) is 25.9. The molecule has 0 aliphatic carbocycles. The molecule has 1 heterocycles. The average Bonchev–Trinajstić information content (AvgIpc) is 2.76.